The lowest BCUT2D eigenvalue weighted by molar-refractivity contribution is -0.142. The van der Waals surface area contributed by atoms with E-state index in [1.165, 1.54) is 17.0 Å². The average molecular weight is 469 g/mol. The van der Waals surface area contributed by atoms with Crippen LogP contribution in [0.1, 0.15) is 18.1 Å². The van der Waals surface area contributed by atoms with Gasteiger partial charge in [0.25, 0.3) is 5.91 Å². The fraction of sp³-hybridized carbons (Fsp3) is 0.231. The predicted octanol–water partition coefficient (Wildman–Crippen LogP) is 4.63. The number of para-hydroxylation sites is 1. The minimum absolute atomic E-state index is 0.0221. The molecule has 3 rings (SSSR count). The summed E-state index contributed by atoms with van der Waals surface area (Å²) < 4.78 is 19.4. The van der Waals surface area contributed by atoms with Crippen LogP contribution in [0.3, 0.4) is 0 Å². The predicted molar refractivity (Wildman–Crippen MR) is 127 cm³/mol. The van der Waals surface area contributed by atoms with E-state index in [-0.39, 0.29) is 18.2 Å². The Bertz CT molecular complexity index is 1080. The number of nitrogens with one attached hydrogen (secondary N) is 1. The molecule has 1 N–H and O–H groups in total. The smallest absolute Gasteiger partial charge is 0.261 e. The molecule has 172 valence electrons. The summed E-state index contributed by atoms with van der Waals surface area (Å²) >= 11 is 6.14. The molecule has 0 aliphatic heterocycles. The van der Waals surface area contributed by atoms with Crippen molar-refractivity contribution in [2.75, 3.05) is 13.2 Å². The van der Waals surface area contributed by atoms with Crippen LogP contribution in [0.5, 0.6) is 5.75 Å². The van der Waals surface area contributed by atoms with Crippen molar-refractivity contribution in [1.29, 1.82) is 0 Å². The molecule has 2 amide bonds. The fourth-order valence-corrected chi connectivity index (χ4v) is 3.68. The monoisotopic (exact) mass is 468 g/mol. The molecule has 0 radical (unpaired) electrons. The summed E-state index contributed by atoms with van der Waals surface area (Å²) in [5.74, 6) is -1.30. The minimum atomic E-state index is -0.789. The molecule has 0 fully saturated rings. The Morgan fingerprint density at radius 3 is 2.39 bits per heavy atom. The molecule has 0 unspecified atom stereocenters. The Morgan fingerprint density at radius 1 is 1.00 bits per heavy atom. The van der Waals surface area contributed by atoms with Gasteiger partial charge in [-0.25, -0.2) is 4.39 Å². The van der Waals surface area contributed by atoms with Crippen molar-refractivity contribution in [2.45, 2.75) is 25.9 Å². The van der Waals surface area contributed by atoms with Crippen molar-refractivity contribution < 1.29 is 18.7 Å². The Kier molecular flexibility index (Phi) is 8.84. The lowest BCUT2D eigenvalue weighted by atomic mass is 10.0. The minimum Gasteiger partial charge on any atom is -0.481 e. The van der Waals surface area contributed by atoms with E-state index in [1.807, 2.05) is 43.3 Å². The summed E-state index contributed by atoms with van der Waals surface area (Å²) in [6.07, 6.45) is 0.318. The van der Waals surface area contributed by atoms with Gasteiger partial charge < -0.3 is 15.0 Å². The molecule has 0 saturated carbocycles. The number of halogens is 2. The molecule has 3 aromatic rings. The van der Waals surface area contributed by atoms with Gasteiger partial charge in [0.1, 0.15) is 6.04 Å². The highest BCUT2D eigenvalue weighted by Crippen LogP contribution is 2.19. The molecule has 0 spiro atoms. The van der Waals surface area contributed by atoms with E-state index in [1.54, 1.807) is 30.3 Å². The second kappa shape index (κ2) is 12.0. The topological polar surface area (TPSA) is 58.6 Å². The van der Waals surface area contributed by atoms with E-state index in [2.05, 4.69) is 5.32 Å². The number of amides is 2. The molecule has 0 saturated heterocycles. The SMILES string of the molecule is CCNC(=O)[C@H](Cc1ccccc1)N(Cc1cccc(Cl)c1)C(=O)COc1ccccc1F. The van der Waals surface area contributed by atoms with Gasteiger partial charge in [-0.3, -0.25) is 9.59 Å². The molecular weight excluding hydrogens is 443 g/mol. The van der Waals surface area contributed by atoms with Gasteiger partial charge in [0.05, 0.1) is 0 Å². The zero-order chi connectivity index (χ0) is 23.6. The van der Waals surface area contributed by atoms with Crippen LogP contribution in [0.15, 0.2) is 78.9 Å². The van der Waals surface area contributed by atoms with Gasteiger partial charge in [-0.2, -0.15) is 0 Å². The summed E-state index contributed by atoms with van der Waals surface area (Å²) in [6.45, 7) is 1.98. The maximum Gasteiger partial charge on any atom is 0.261 e. The second-order valence-corrected chi connectivity index (χ2v) is 7.91. The Hall–Kier alpha value is -3.38. The second-order valence-electron chi connectivity index (χ2n) is 7.47. The zero-order valence-corrected chi connectivity index (χ0v) is 19.1. The van der Waals surface area contributed by atoms with E-state index in [9.17, 15) is 14.0 Å². The van der Waals surface area contributed by atoms with Gasteiger partial charge in [-0.15, -0.1) is 0 Å². The van der Waals surface area contributed by atoms with Crippen LogP contribution in [-0.2, 0) is 22.6 Å². The van der Waals surface area contributed by atoms with Gasteiger partial charge >= 0.3 is 0 Å². The Balaban J connectivity index is 1.90. The van der Waals surface area contributed by atoms with E-state index in [0.717, 1.165) is 11.1 Å². The summed E-state index contributed by atoms with van der Waals surface area (Å²) in [4.78, 5) is 27.8. The number of benzene rings is 3. The number of likely N-dealkylation sites (N-methyl/N-ethyl adjacent to an activating group) is 1. The normalized spacial score (nSPS) is 11.5. The quantitative estimate of drug-likeness (QED) is 0.472. The van der Waals surface area contributed by atoms with Crippen LogP contribution in [0, 0.1) is 5.82 Å². The number of carbonyl (C=O) groups is 2. The third kappa shape index (κ3) is 7.05. The van der Waals surface area contributed by atoms with Gasteiger partial charge in [0.15, 0.2) is 18.2 Å². The molecule has 7 heteroatoms. The molecule has 0 aromatic heterocycles. The molecule has 0 aliphatic carbocycles. The van der Waals surface area contributed by atoms with E-state index in [4.69, 9.17) is 16.3 Å². The summed E-state index contributed by atoms with van der Waals surface area (Å²) in [5, 5.41) is 3.35. The fourth-order valence-electron chi connectivity index (χ4n) is 3.46. The van der Waals surface area contributed by atoms with Crippen LogP contribution in [0.4, 0.5) is 4.39 Å². The van der Waals surface area contributed by atoms with Crippen molar-refractivity contribution >= 4 is 23.4 Å². The van der Waals surface area contributed by atoms with E-state index < -0.39 is 24.4 Å². The Labute approximate surface area is 198 Å². The first kappa shape index (κ1) is 24.3. The third-order valence-electron chi connectivity index (χ3n) is 5.05. The molecule has 5 nitrogen and oxygen atoms in total. The maximum absolute atomic E-state index is 14.0. The summed E-state index contributed by atoms with van der Waals surface area (Å²) in [5.41, 5.74) is 1.68. The van der Waals surface area contributed by atoms with Gasteiger partial charge in [0.2, 0.25) is 5.91 Å². The van der Waals surface area contributed by atoms with E-state index >= 15 is 0 Å². The lowest BCUT2D eigenvalue weighted by Gasteiger charge is -2.31. The molecule has 0 aliphatic rings. The standard InChI is InChI=1S/C26H26ClFN2O3/c1-2-29-26(32)23(16-19-9-4-3-5-10-19)30(17-20-11-8-12-21(27)15-20)25(31)18-33-24-14-7-6-13-22(24)28/h3-15,23H,2,16-18H2,1H3,(H,29,32)/t23-/m0/s1. The van der Waals surface area contributed by atoms with Crippen molar-refractivity contribution in [1.82, 2.24) is 10.2 Å². The van der Waals surface area contributed by atoms with E-state index in [0.29, 0.717) is 18.0 Å². The van der Waals surface area contributed by atoms with Gasteiger partial charge in [0, 0.05) is 24.5 Å². The molecule has 0 heterocycles. The van der Waals surface area contributed by atoms with Crippen LogP contribution in [-0.4, -0.2) is 35.9 Å². The largest absolute Gasteiger partial charge is 0.481 e. The number of nitrogens with zero attached hydrogens (tertiary/aromatic N) is 1. The highest BCUT2D eigenvalue weighted by atomic mass is 35.5. The van der Waals surface area contributed by atoms with Crippen molar-refractivity contribution in [3.63, 3.8) is 0 Å². The first-order valence-corrected chi connectivity index (χ1v) is 11.1. The summed E-state index contributed by atoms with van der Waals surface area (Å²) in [6, 6.07) is 21.7. The number of hydrogen-bond donors (Lipinski definition) is 1. The molecule has 1 atom stereocenters. The Morgan fingerprint density at radius 2 is 1.70 bits per heavy atom. The molecular formula is C26H26ClFN2O3. The van der Waals surface area contributed by atoms with Crippen LogP contribution < -0.4 is 10.1 Å². The van der Waals surface area contributed by atoms with Gasteiger partial charge in [-0.1, -0.05) is 66.2 Å². The number of hydrogen-bond acceptors (Lipinski definition) is 3. The van der Waals surface area contributed by atoms with Crippen LogP contribution in [0.25, 0.3) is 0 Å². The number of rotatable bonds is 10. The van der Waals surface area contributed by atoms with Crippen LogP contribution >= 0.6 is 11.6 Å². The first-order valence-electron chi connectivity index (χ1n) is 10.7. The lowest BCUT2D eigenvalue weighted by Crippen LogP contribution is -2.51. The third-order valence-corrected chi connectivity index (χ3v) is 5.29. The maximum atomic E-state index is 14.0. The first-order chi connectivity index (χ1) is 16.0. The highest BCUT2D eigenvalue weighted by Gasteiger charge is 2.30. The van der Waals surface area contributed by atoms with Crippen LogP contribution in [0.2, 0.25) is 5.02 Å². The van der Waals surface area contributed by atoms with Crippen molar-refractivity contribution in [3.05, 3.63) is 101 Å². The highest BCUT2D eigenvalue weighted by molar-refractivity contribution is 6.30. The number of ether oxygens (including phenoxy) is 1. The number of carbonyl (C=O) groups excluding carboxylic acids is 2. The van der Waals surface area contributed by atoms with Crippen molar-refractivity contribution in [2.24, 2.45) is 0 Å². The van der Waals surface area contributed by atoms with Crippen molar-refractivity contribution in [3.8, 4) is 5.75 Å². The molecule has 3 aromatic carbocycles. The zero-order valence-electron chi connectivity index (χ0n) is 18.3. The molecule has 33 heavy (non-hydrogen) atoms. The summed E-state index contributed by atoms with van der Waals surface area (Å²) in [7, 11) is 0. The average Bonchev–Trinajstić information content (AvgIpc) is 2.81. The van der Waals surface area contributed by atoms with Gasteiger partial charge in [-0.05, 0) is 42.3 Å². The molecule has 0 bridgehead atoms.